The summed E-state index contributed by atoms with van der Waals surface area (Å²) in [7, 11) is -2.10. The van der Waals surface area contributed by atoms with Crippen LogP contribution >= 0.6 is 0 Å². The fraction of sp³-hybridized carbons (Fsp3) is 0.652. The predicted octanol–water partition coefficient (Wildman–Crippen LogP) is 3.24. The molecule has 0 amide bonds. The van der Waals surface area contributed by atoms with Crippen molar-refractivity contribution in [3.63, 3.8) is 0 Å². The van der Waals surface area contributed by atoms with Crippen LogP contribution < -0.4 is 4.72 Å². The maximum atomic E-state index is 13.2. The van der Waals surface area contributed by atoms with E-state index in [0.29, 0.717) is 24.2 Å². The second-order valence-corrected chi connectivity index (χ2v) is 11.4. The van der Waals surface area contributed by atoms with Crippen molar-refractivity contribution in [3.8, 4) is 0 Å². The second kappa shape index (κ2) is 8.08. The maximum absolute atomic E-state index is 13.2. The van der Waals surface area contributed by atoms with Gasteiger partial charge in [0.1, 0.15) is 0 Å². The van der Waals surface area contributed by atoms with E-state index in [2.05, 4.69) is 4.72 Å². The van der Waals surface area contributed by atoms with Gasteiger partial charge in [0.05, 0.1) is 4.90 Å². The Kier molecular flexibility index (Phi) is 5.79. The van der Waals surface area contributed by atoms with Gasteiger partial charge < -0.3 is 4.74 Å². The molecule has 1 aromatic rings. The van der Waals surface area contributed by atoms with Gasteiger partial charge in [-0.1, -0.05) is 12.1 Å². The number of benzene rings is 1. The van der Waals surface area contributed by atoms with Crippen LogP contribution in [0.4, 0.5) is 0 Å². The molecule has 1 N–H and O–H groups in total. The van der Waals surface area contributed by atoms with Crippen molar-refractivity contribution in [1.82, 2.24) is 4.72 Å². The first-order valence-corrected chi connectivity index (χ1v) is 12.5. The van der Waals surface area contributed by atoms with E-state index in [4.69, 9.17) is 4.74 Å². The largest absolute Gasteiger partial charge is 0.455 e. The number of aryl methyl sites for hydroxylation is 1. The maximum Gasteiger partial charge on any atom is 0.306 e. The zero-order valence-corrected chi connectivity index (χ0v) is 18.5. The standard InChI is InChI=1S/C23H31NO5S/c1-15(22(26)23-12-17-9-18(13-23)11-19(10-17)14-23)29-21(25)8-5-16-3-6-20(7-4-16)30(27,28)24-2/h3-4,6-7,15,17-19,24H,5,8-14H2,1-2H3. The molecule has 0 saturated heterocycles. The molecule has 4 fully saturated rings. The predicted molar refractivity (Wildman–Crippen MR) is 112 cm³/mol. The van der Waals surface area contributed by atoms with Gasteiger partial charge >= 0.3 is 5.97 Å². The summed E-state index contributed by atoms with van der Waals surface area (Å²) in [4.78, 5) is 25.8. The van der Waals surface area contributed by atoms with Crippen LogP contribution in [0.25, 0.3) is 0 Å². The third-order valence-corrected chi connectivity index (χ3v) is 8.79. The van der Waals surface area contributed by atoms with Crippen LogP contribution in [-0.4, -0.2) is 33.3 Å². The molecular formula is C23H31NO5S. The minimum absolute atomic E-state index is 0.122. The van der Waals surface area contributed by atoms with Crippen molar-refractivity contribution in [3.05, 3.63) is 29.8 Å². The SMILES string of the molecule is CNS(=O)(=O)c1ccc(CCC(=O)OC(C)C(=O)C23CC4CC(CC(C4)C2)C3)cc1. The van der Waals surface area contributed by atoms with Crippen LogP contribution in [-0.2, 0) is 30.8 Å². The number of hydrogen-bond donors (Lipinski definition) is 1. The number of nitrogens with one attached hydrogen (secondary N) is 1. The van der Waals surface area contributed by atoms with E-state index >= 15 is 0 Å². The molecule has 0 heterocycles. The minimum Gasteiger partial charge on any atom is -0.455 e. The van der Waals surface area contributed by atoms with Crippen molar-refractivity contribution in [2.24, 2.45) is 23.2 Å². The van der Waals surface area contributed by atoms with Gasteiger partial charge in [-0.15, -0.1) is 0 Å². The van der Waals surface area contributed by atoms with Gasteiger partial charge in [0.2, 0.25) is 10.0 Å². The molecular weight excluding hydrogens is 402 g/mol. The summed E-state index contributed by atoms with van der Waals surface area (Å²) in [6.45, 7) is 1.72. The van der Waals surface area contributed by atoms with E-state index in [0.717, 1.165) is 24.8 Å². The molecule has 30 heavy (non-hydrogen) atoms. The molecule has 7 heteroatoms. The van der Waals surface area contributed by atoms with E-state index in [1.807, 2.05) is 0 Å². The number of ether oxygens (including phenoxy) is 1. The van der Waals surface area contributed by atoms with Gasteiger partial charge in [-0.05, 0) is 94.4 Å². The topological polar surface area (TPSA) is 89.5 Å². The summed E-state index contributed by atoms with van der Waals surface area (Å²) in [5.41, 5.74) is 0.588. The fourth-order valence-electron chi connectivity index (χ4n) is 6.35. The Labute approximate surface area is 178 Å². The van der Waals surface area contributed by atoms with Crippen molar-refractivity contribution in [1.29, 1.82) is 0 Å². The first-order chi connectivity index (χ1) is 14.2. The molecule has 5 rings (SSSR count). The Morgan fingerprint density at radius 2 is 1.60 bits per heavy atom. The average Bonchev–Trinajstić information content (AvgIpc) is 2.71. The highest BCUT2D eigenvalue weighted by molar-refractivity contribution is 7.89. The lowest BCUT2D eigenvalue weighted by Crippen LogP contribution is -2.52. The zero-order valence-electron chi connectivity index (χ0n) is 17.7. The number of sulfonamides is 1. The van der Waals surface area contributed by atoms with Crippen molar-refractivity contribution in [2.45, 2.75) is 69.3 Å². The third kappa shape index (κ3) is 4.19. The molecule has 4 bridgehead atoms. The van der Waals surface area contributed by atoms with Gasteiger partial charge in [-0.2, -0.15) is 0 Å². The Hall–Kier alpha value is -1.73. The molecule has 1 unspecified atom stereocenters. The van der Waals surface area contributed by atoms with Crippen LogP contribution in [0, 0.1) is 23.2 Å². The summed E-state index contributed by atoms with van der Waals surface area (Å²) >= 11 is 0. The number of Topliss-reactive ketones (excluding diaryl/α,β-unsaturated/α-hetero) is 1. The molecule has 0 spiro atoms. The summed E-state index contributed by atoms with van der Waals surface area (Å²) in [5.74, 6) is 1.78. The molecule has 0 aliphatic heterocycles. The zero-order chi connectivity index (χ0) is 21.5. The van der Waals surface area contributed by atoms with Crippen molar-refractivity contribution in [2.75, 3.05) is 7.05 Å². The van der Waals surface area contributed by atoms with E-state index in [1.165, 1.54) is 38.4 Å². The van der Waals surface area contributed by atoms with Gasteiger partial charge in [0, 0.05) is 11.8 Å². The van der Waals surface area contributed by atoms with Crippen LogP contribution in [0.5, 0.6) is 0 Å². The van der Waals surface area contributed by atoms with Crippen LogP contribution in [0.3, 0.4) is 0 Å². The minimum atomic E-state index is -3.47. The first-order valence-electron chi connectivity index (χ1n) is 11.0. The smallest absolute Gasteiger partial charge is 0.306 e. The normalized spacial score (nSPS) is 30.8. The molecule has 0 radical (unpaired) electrons. The Bertz CT molecular complexity index is 886. The van der Waals surface area contributed by atoms with Gasteiger partial charge in [-0.3, -0.25) is 9.59 Å². The molecule has 4 aliphatic carbocycles. The Morgan fingerprint density at radius 1 is 1.07 bits per heavy atom. The lowest BCUT2D eigenvalue weighted by Gasteiger charge is -2.56. The first kappa shape index (κ1) is 21.5. The lowest BCUT2D eigenvalue weighted by atomic mass is 9.48. The van der Waals surface area contributed by atoms with Crippen molar-refractivity contribution < 1.29 is 22.7 Å². The summed E-state index contributed by atoms with van der Waals surface area (Å²) in [5, 5.41) is 0. The highest BCUT2D eigenvalue weighted by Crippen LogP contribution is 2.60. The molecule has 4 saturated carbocycles. The van der Waals surface area contributed by atoms with Crippen LogP contribution in [0.15, 0.2) is 29.2 Å². The molecule has 6 nitrogen and oxygen atoms in total. The van der Waals surface area contributed by atoms with E-state index in [1.54, 1.807) is 19.1 Å². The average molecular weight is 434 g/mol. The van der Waals surface area contributed by atoms with Crippen LogP contribution in [0.2, 0.25) is 0 Å². The molecule has 1 atom stereocenters. The van der Waals surface area contributed by atoms with Gasteiger partial charge in [-0.25, -0.2) is 13.1 Å². The number of carbonyl (C=O) groups is 2. The monoisotopic (exact) mass is 433 g/mol. The summed E-state index contributed by atoms with van der Waals surface area (Å²) in [6, 6.07) is 6.43. The van der Waals surface area contributed by atoms with Gasteiger partial charge in [0.15, 0.2) is 11.9 Å². The van der Waals surface area contributed by atoms with Gasteiger partial charge in [0.25, 0.3) is 0 Å². The quantitative estimate of drug-likeness (QED) is 0.636. The number of esters is 1. The fourth-order valence-corrected chi connectivity index (χ4v) is 7.08. The van der Waals surface area contributed by atoms with E-state index < -0.39 is 16.1 Å². The molecule has 1 aromatic carbocycles. The second-order valence-electron chi connectivity index (χ2n) is 9.55. The Balaban J connectivity index is 1.30. The van der Waals surface area contributed by atoms with Crippen LogP contribution in [0.1, 0.15) is 57.4 Å². The lowest BCUT2D eigenvalue weighted by molar-refractivity contribution is -0.164. The van der Waals surface area contributed by atoms with E-state index in [9.17, 15) is 18.0 Å². The third-order valence-electron chi connectivity index (χ3n) is 7.36. The number of carbonyl (C=O) groups excluding carboxylic acids is 2. The molecule has 164 valence electrons. The molecule has 4 aliphatic rings. The van der Waals surface area contributed by atoms with E-state index in [-0.39, 0.29) is 28.5 Å². The summed E-state index contributed by atoms with van der Waals surface area (Å²) in [6.07, 6.45) is 6.65. The highest BCUT2D eigenvalue weighted by atomic mass is 32.2. The summed E-state index contributed by atoms with van der Waals surface area (Å²) < 4.78 is 31.3. The Morgan fingerprint density at radius 3 is 2.10 bits per heavy atom. The van der Waals surface area contributed by atoms with Crippen molar-refractivity contribution >= 4 is 21.8 Å². The highest BCUT2D eigenvalue weighted by Gasteiger charge is 2.55. The molecule has 0 aromatic heterocycles. The number of rotatable bonds is 8. The number of hydrogen-bond acceptors (Lipinski definition) is 5. The number of ketones is 1.